The van der Waals surface area contributed by atoms with Crippen LogP contribution in [0.4, 0.5) is 5.82 Å². The van der Waals surface area contributed by atoms with Gasteiger partial charge in [0.15, 0.2) is 0 Å². The third-order valence-electron chi connectivity index (χ3n) is 3.36. The molecular weight excluding hydrogens is 258 g/mol. The van der Waals surface area contributed by atoms with E-state index in [9.17, 15) is 0 Å². The van der Waals surface area contributed by atoms with Gasteiger partial charge in [-0.25, -0.2) is 4.98 Å². The van der Waals surface area contributed by atoms with Gasteiger partial charge in [0.1, 0.15) is 5.82 Å². The molecule has 0 saturated heterocycles. The minimum absolute atomic E-state index is 0.477. The highest BCUT2D eigenvalue weighted by molar-refractivity contribution is 6.31. The lowest BCUT2D eigenvalue weighted by molar-refractivity contribution is 0.547. The summed E-state index contributed by atoms with van der Waals surface area (Å²) in [5, 5.41) is 4.12. The summed E-state index contributed by atoms with van der Waals surface area (Å²) in [5.74, 6) is 1.62. The lowest BCUT2D eigenvalue weighted by Crippen LogP contribution is -2.29. The second kappa shape index (κ2) is 7.71. The Labute approximate surface area is 122 Å². The van der Waals surface area contributed by atoms with E-state index >= 15 is 0 Å². The van der Waals surface area contributed by atoms with Crippen molar-refractivity contribution in [2.75, 3.05) is 18.5 Å². The summed E-state index contributed by atoms with van der Waals surface area (Å²) in [4.78, 5) is 6.87. The number of halogens is 1. The summed E-state index contributed by atoms with van der Waals surface area (Å²) < 4.78 is 0. The van der Waals surface area contributed by atoms with Crippen LogP contribution in [0.5, 0.6) is 0 Å². The standard InChI is InChI=1S/C15H26ClN3/c1-6-12(4)19(5)15-8-7-13(16)14(18-15)10-17-9-11(2)3/h7-8,11-12,17H,6,9-10H2,1-5H3. The lowest BCUT2D eigenvalue weighted by atomic mass is 10.2. The van der Waals surface area contributed by atoms with Crippen LogP contribution in [0.15, 0.2) is 12.1 Å². The number of aromatic nitrogens is 1. The summed E-state index contributed by atoms with van der Waals surface area (Å²) in [5.41, 5.74) is 0.926. The monoisotopic (exact) mass is 283 g/mol. The number of anilines is 1. The fourth-order valence-electron chi connectivity index (χ4n) is 1.77. The molecule has 0 aliphatic rings. The second-order valence-corrected chi connectivity index (χ2v) is 5.90. The summed E-state index contributed by atoms with van der Waals surface area (Å²) >= 11 is 6.21. The van der Waals surface area contributed by atoms with E-state index in [0.29, 0.717) is 12.0 Å². The van der Waals surface area contributed by atoms with Gasteiger partial charge in [0, 0.05) is 19.6 Å². The normalized spacial score (nSPS) is 12.8. The van der Waals surface area contributed by atoms with E-state index in [4.69, 9.17) is 11.6 Å². The molecule has 0 spiro atoms. The highest BCUT2D eigenvalue weighted by Crippen LogP contribution is 2.20. The highest BCUT2D eigenvalue weighted by Gasteiger charge is 2.11. The third-order valence-corrected chi connectivity index (χ3v) is 3.71. The molecule has 0 bridgehead atoms. The maximum atomic E-state index is 6.21. The topological polar surface area (TPSA) is 28.2 Å². The van der Waals surface area contributed by atoms with Crippen molar-refractivity contribution < 1.29 is 0 Å². The third kappa shape index (κ3) is 5.00. The molecule has 1 heterocycles. The molecule has 0 aliphatic carbocycles. The number of pyridine rings is 1. The van der Waals surface area contributed by atoms with Crippen LogP contribution in [0.3, 0.4) is 0 Å². The first-order chi connectivity index (χ1) is 8.95. The molecule has 0 aliphatic heterocycles. The Balaban J connectivity index is 2.76. The van der Waals surface area contributed by atoms with Crippen molar-refractivity contribution in [3.63, 3.8) is 0 Å². The quantitative estimate of drug-likeness (QED) is 0.827. The van der Waals surface area contributed by atoms with Gasteiger partial charge in [-0.15, -0.1) is 0 Å². The highest BCUT2D eigenvalue weighted by atomic mass is 35.5. The van der Waals surface area contributed by atoms with Crippen LogP contribution < -0.4 is 10.2 Å². The van der Waals surface area contributed by atoms with E-state index in [-0.39, 0.29) is 0 Å². The Bertz CT molecular complexity index is 393. The molecule has 19 heavy (non-hydrogen) atoms. The smallest absolute Gasteiger partial charge is 0.128 e. The molecule has 3 nitrogen and oxygen atoms in total. The van der Waals surface area contributed by atoms with Crippen molar-refractivity contribution >= 4 is 17.4 Å². The van der Waals surface area contributed by atoms with Crippen LogP contribution in [0.2, 0.25) is 5.02 Å². The molecule has 1 rings (SSSR count). The lowest BCUT2D eigenvalue weighted by Gasteiger charge is -2.25. The van der Waals surface area contributed by atoms with Crippen molar-refractivity contribution in [1.82, 2.24) is 10.3 Å². The van der Waals surface area contributed by atoms with Gasteiger partial charge in [0.25, 0.3) is 0 Å². The van der Waals surface area contributed by atoms with Crippen LogP contribution in [0, 0.1) is 5.92 Å². The molecule has 0 radical (unpaired) electrons. The zero-order valence-electron chi connectivity index (χ0n) is 12.7. The first-order valence-corrected chi connectivity index (χ1v) is 7.42. The summed E-state index contributed by atoms with van der Waals surface area (Å²) in [7, 11) is 2.08. The molecule has 1 N–H and O–H groups in total. The second-order valence-electron chi connectivity index (χ2n) is 5.49. The molecule has 0 saturated carbocycles. The predicted octanol–water partition coefficient (Wildman–Crippen LogP) is 3.72. The SMILES string of the molecule is CCC(C)N(C)c1ccc(Cl)c(CNCC(C)C)n1. The van der Waals surface area contributed by atoms with E-state index in [2.05, 4.69) is 49.9 Å². The predicted molar refractivity (Wildman–Crippen MR) is 83.9 cm³/mol. The van der Waals surface area contributed by atoms with Gasteiger partial charge in [-0.05, 0) is 37.9 Å². The Hall–Kier alpha value is -0.800. The van der Waals surface area contributed by atoms with E-state index in [1.165, 1.54) is 0 Å². The number of nitrogens with one attached hydrogen (secondary N) is 1. The maximum Gasteiger partial charge on any atom is 0.128 e. The average molecular weight is 284 g/mol. The average Bonchev–Trinajstić information content (AvgIpc) is 2.38. The summed E-state index contributed by atoms with van der Waals surface area (Å²) in [6.45, 7) is 10.5. The fraction of sp³-hybridized carbons (Fsp3) is 0.667. The molecule has 4 heteroatoms. The number of hydrogen-bond acceptors (Lipinski definition) is 3. The molecule has 0 amide bonds. The Morgan fingerprint density at radius 1 is 1.32 bits per heavy atom. The van der Waals surface area contributed by atoms with Gasteiger partial charge in [-0.2, -0.15) is 0 Å². The Morgan fingerprint density at radius 3 is 2.58 bits per heavy atom. The fourth-order valence-corrected chi connectivity index (χ4v) is 1.94. The van der Waals surface area contributed by atoms with Gasteiger partial charge < -0.3 is 10.2 Å². The van der Waals surface area contributed by atoms with Crippen LogP contribution >= 0.6 is 11.6 Å². The molecule has 0 fully saturated rings. The zero-order chi connectivity index (χ0) is 14.4. The van der Waals surface area contributed by atoms with Crippen molar-refractivity contribution in [2.24, 2.45) is 5.92 Å². The van der Waals surface area contributed by atoms with E-state index < -0.39 is 0 Å². The molecule has 1 aromatic rings. The number of rotatable bonds is 7. The Morgan fingerprint density at radius 2 is 2.00 bits per heavy atom. The van der Waals surface area contributed by atoms with Crippen LogP contribution in [0.1, 0.15) is 39.8 Å². The molecule has 108 valence electrons. The molecule has 1 aromatic heterocycles. The zero-order valence-corrected chi connectivity index (χ0v) is 13.5. The van der Waals surface area contributed by atoms with Crippen LogP contribution in [0.25, 0.3) is 0 Å². The maximum absolute atomic E-state index is 6.21. The van der Waals surface area contributed by atoms with Gasteiger partial charge in [0.05, 0.1) is 10.7 Å². The van der Waals surface area contributed by atoms with E-state index in [1.807, 2.05) is 12.1 Å². The van der Waals surface area contributed by atoms with Crippen molar-refractivity contribution in [3.8, 4) is 0 Å². The molecule has 0 aromatic carbocycles. The first kappa shape index (κ1) is 16.3. The van der Waals surface area contributed by atoms with E-state index in [1.54, 1.807) is 0 Å². The molecule has 1 unspecified atom stereocenters. The summed E-state index contributed by atoms with van der Waals surface area (Å²) in [6.07, 6.45) is 1.10. The minimum atomic E-state index is 0.477. The molecular formula is C15H26ClN3. The van der Waals surface area contributed by atoms with Gasteiger partial charge in [0.2, 0.25) is 0 Å². The van der Waals surface area contributed by atoms with Crippen molar-refractivity contribution in [3.05, 3.63) is 22.8 Å². The van der Waals surface area contributed by atoms with E-state index in [0.717, 1.165) is 36.0 Å². The first-order valence-electron chi connectivity index (χ1n) is 7.04. The number of nitrogens with zero attached hydrogens (tertiary/aromatic N) is 2. The van der Waals surface area contributed by atoms with Gasteiger partial charge in [-0.3, -0.25) is 0 Å². The summed E-state index contributed by atoms with van der Waals surface area (Å²) in [6, 6.07) is 4.40. The van der Waals surface area contributed by atoms with Crippen molar-refractivity contribution in [2.45, 2.75) is 46.7 Å². The largest absolute Gasteiger partial charge is 0.357 e. The Kier molecular flexibility index (Phi) is 6.59. The van der Waals surface area contributed by atoms with Gasteiger partial charge >= 0.3 is 0 Å². The minimum Gasteiger partial charge on any atom is -0.357 e. The van der Waals surface area contributed by atoms with Crippen molar-refractivity contribution in [1.29, 1.82) is 0 Å². The van der Waals surface area contributed by atoms with Crippen LogP contribution in [-0.2, 0) is 6.54 Å². The molecule has 1 atom stereocenters. The number of hydrogen-bond donors (Lipinski definition) is 1. The van der Waals surface area contributed by atoms with Crippen LogP contribution in [-0.4, -0.2) is 24.6 Å². The van der Waals surface area contributed by atoms with Gasteiger partial charge in [-0.1, -0.05) is 32.4 Å².